The molecular formula is C19H20FNO5S. The van der Waals surface area contributed by atoms with Gasteiger partial charge in [-0.25, -0.2) is 17.6 Å². The quantitative estimate of drug-likeness (QED) is 0.810. The summed E-state index contributed by atoms with van der Waals surface area (Å²) in [5.74, 6) is -3.21. The van der Waals surface area contributed by atoms with Crippen LogP contribution in [0.25, 0.3) is 0 Å². The molecule has 0 radical (unpaired) electrons. The highest BCUT2D eigenvalue weighted by Crippen LogP contribution is 2.22. The molecule has 2 N–H and O–H groups in total. The molecule has 0 aromatic heterocycles. The molecule has 0 aliphatic rings. The van der Waals surface area contributed by atoms with Gasteiger partial charge < -0.3 is 10.4 Å². The third kappa shape index (κ3) is 4.91. The van der Waals surface area contributed by atoms with Gasteiger partial charge in [0.1, 0.15) is 5.82 Å². The molecule has 0 bridgehead atoms. The normalized spacial score (nSPS) is 11.9. The number of anilines is 1. The van der Waals surface area contributed by atoms with Crippen molar-refractivity contribution in [3.63, 3.8) is 0 Å². The second kappa shape index (κ2) is 7.48. The number of nitrogens with one attached hydrogen (secondary N) is 1. The monoisotopic (exact) mass is 393 g/mol. The molecule has 0 saturated carbocycles. The third-order valence-electron chi connectivity index (χ3n) is 3.94. The van der Waals surface area contributed by atoms with Gasteiger partial charge in [-0.05, 0) is 56.7 Å². The first kappa shape index (κ1) is 20.6. The van der Waals surface area contributed by atoms with Crippen molar-refractivity contribution in [2.75, 3.05) is 5.32 Å². The SMILES string of the molecule is CC(C)(C)S(=O)(=O)Cc1cccc(NC(=O)c2ccc(C(=O)O)cc2F)c1. The molecule has 0 fully saturated rings. The second-order valence-electron chi connectivity index (χ2n) is 7.03. The molecule has 0 spiro atoms. The molecule has 0 unspecified atom stereocenters. The van der Waals surface area contributed by atoms with E-state index in [-0.39, 0.29) is 16.9 Å². The second-order valence-corrected chi connectivity index (χ2v) is 9.77. The van der Waals surface area contributed by atoms with Crippen molar-refractivity contribution < 1.29 is 27.5 Å². The van der Waals surface area contributed by atoms with Crippen LogP contribution in [0.5, 0.6) is 0 Å². The van der Waals surface area contributed by atoms with Crippen LogP contribution in [0.3, 0.4) is 0 Å². The number of halogens is 1. The maximum absolute atomic E-state index is 14.0. The molecule has 8 heteroatoms. The molecule has 0 aliphatic carbocycles. The van der Waals surface area contributed by atoms with Crippen LogP contribution in [-0.4, -0.2) is 30.1 Å². The average molecular weight is 393 g/mol. The number of aromatic carboxylic acids is 1. The van der Waals surface area contributed by atoms with Crippen molar-refractivity contribution in [3.8, 4) is 0 Å². The molecule has 0 atom stereocenters. The molecule has 6 nitrogen and oxygen atoms in total. The van der Waals surface area contributed by atoms with Crippen LogP contribution in [0.15, 0.2) is 42.5 Å². The molecule has 0 aliphatic heterocycles. The van der Waals surface area contributed by atoms with Gasteiger partial charge in [-0.2, -0.15) is 0 Å². The summed E-state index contributed by atoms with van der Waals surface area (Å²) in [6, 6.07) is 9.26. The van der Waals surface area contributed by atoms with Gasteiger partial charge in [0, 0.05) is 5.69 Å². The summed E-state index contributed by atoms with van der Waals surface area (Å²) in [5.41, 5.74) is 0.221. The van der Waals surface area contributed by atoms with Crippen molar-refractivity contribution in [2.24, 2.45) is 0 Å². The largest absolute Gasteiger partial charge is 0.478 e. The van der Waals surface area contributed by atoms with Gasteiger partial charge in [0.25, 0.3) is 5.91 Å². The summed E-state index contributed by atoms with van der Waals surface area (Å²) in [5, 5.41) is 11.3. The topological polar surface area (TPSA) is 101 Å². The van der Waals surface area contributed by atoms with E-state index in [4.69, 9.17) is 5.11 Å². The Hall–Kier alpha value is -2.74. The first-order valence-corrected chi connectivity index (χ1v) is 9.71. The van der Waals surface area contributed by atoms with Crippen LogP contribution in [0, 0.1) is 5.82 Å². The number of carboxylic acids is 1. The zero-order valence-corrected chi connectivity index (χ0v) is 15.9. The van der Waals surface area contributed by atoms with Gasteiger partial charge in [-0.3, -0.25) is 4.79 Å². The van der Waals surface area contributed by atoms with Crippen molar-refractivity contribution in [1.82, 2.24) is 0 Å². The van der Waals surface area contributed by atoms with Gasteiger partial charge in [0.2, 0.25) is 0 Å². The number of carbonyl (C=O) groups is 2. The third-order valence-corrected chi connectivity index (χ3v) is 6.51. The lowest BCUT2D eigenvalue weighted by Gasteiger charge is -2.19. The first-order valence-electron chi connectivity index (χ1n) is 8.06. The minimum absolute atomic E-state index is 0.193. The standard InChI is InChI=1S/C19H20FNO5S/c1-19(2,3)27(25,26)11-12-5-4-6-14(9-12)21-17(22)15-8-7-13(18(23)24)10-16(15)20/h4-10H,11H2,1-3H3,(H,21,22)(H,23,24). The van der Waals surface area contributed by atoms with Gasteiger partial charge in [-0.15, -0.1) is 0 Å². The Labute approximate surface area is 157 Å². The molecule has 27 heavy (non-hydrogen) atoms. The summed E-state index contributed by atoms with van der Waals surface area (Å²) in [6.07, 6.45) is 0. The van der Waals surface area contributed by atoms with E-state index in [0.29, 0.717) is 11.3 Å². The van der Waals surface area contributed by atoms with Gasteiger partial charge in [-0.1, -0.05) is 12.1 Å². The first-order chi connectivity index (χ1) is 12.4. The van der Waals surface area contributed by atoms with E-state index in [1.165, 1.54) is 6.07 Å². The number of hydrogen-bond donors (Lipinski definition) is 2. The fraction of sp³-hybridized carbons (Fsp3) is 0.263. The highest BCUT2D eigenvalue weighted by Gasteiger charge is 2.29. The molecular weight excluding hydrogens is 373 g/mol. The van der Waals surface area contributed by atoms with E-state index < -0.39 is 32.3 Å². The maximum atomic E-state index is 14.0. The van der Waals surface area contributed by atoms with E-state index in [9.17, 15) is 22.4 Å². The average Bonchev–Trinajstić information content (AvgIpc) is 2.53. The molecule has 2 rings (SSSR count). The number of hydrogen-bond acceptors (Lipinski definition) is 4. The Morgan fingerprint density at radius 2 is 1.78 bits per heavy atom. The molecule has 144 valence electrons. The zero-order valence-electron chi connectivity index (χ0n) is 15.1. The Bertz CT molecular complexity index is 993. The van der Waals surface area contributed by atoms with Crippen molar-refractivity contribution in [1.29, 1.82) is 0 Å². The van der Waals surface area contributed by atoms with E-state index in [2.05, 4.69) is 5.32 Å². The van der Waals surface area contributed by atoms with Crippen molar-refractivity contribution in [2.45, 2.75) is 31.3 Å². The smallest absolute Gasteiger partial charge is 0.335 e. The molecule has 0 heterocycles. The van der Waals surface area contributed by atoms with Crippen LogP contribution in [0.4, 0.5) is 10.1 Å². The summed E-state index contributed by atoms with van der Waals surface area (Å²) < 4.78 is 37.7. The highest BCUT2D eigenvalue weighted by molar-refractivity contribution is 7.91. The number of amides is 1. The van der Waals surface area contributed by atoms with Crippen LogP contribution in [-0.2, 0) is 15.6 Å². The number of benzene rings is 2. The lowest BCUT2D eigenvalue weighted by atomic mass is 10.1. The van der Waals surface area contributed by atoms with Crippen molar-refractivity contribution >= 4 is 27.4 Å². The van der Waals surface area contributed by atoms with Crippen molar-refractivity contribution in [3.05, 3.63) is 65.0 Å². The molecule has 2 aromatic rings. The minimum atomic E-state index is -3.40. The van der Waals surface area contributed by atoms with Crippen LogP contribution in [0.2, 0.25) is 0 Å². The van der Waals surface area contributed by atoms with Gasteiger partial charge >= 0.3 is 5.97 Å². The van der Waals surface area contributed by atoms with Crippen LogP contribution >= 0.6 is 0 Å². The Balaban J connectivity index is 2.21. The summed E-state index contributed by atoms with van der Waals surface area (Å²) in [6.45, 7) is 4.83. The predicted octanol–water partition coefficient (Wildman–Crippen LogP) is 3.49. The number of rotatable bonds is 5. The fourth-order valence-electron chi connectivity index (χ4n) is 2.21. The number of carboxylic acid groups (broad SMARTS) is 1. The lowest BCUT2D eigenvalue weighted by molar-refractivity contribution is 0.0695. The number of sulfone groups is 1. The van der Waals surface area contributed by atoms with E-state index in [1.807, 2.05) is 0 Å². The summed E-state index contributed by atoms with van der Waals surface area (Å²) in [4.78, 5) is 23.1. The van der Waals surface area contributed by atoms with E-state index in [0.717, 1.165) is 18.2 Å². The minimum Gasteiger partial charge on any atom is -0.478 e. The zero-order chi connectivity index (χ0) is 20.4. The Morgan fingerprint density at radius 3 is 2.33 bits per heavy atom. The fourth-order valence-corrected chi connectivity index (χ4v) is 3.26. The Morgan fingerprint density at radius 1 is 1.11 bits per heavy atom. The van der Waals surface area contributed by atoms with Gasteiger partial charge in [0.15, 0.2) is 9.84 Å². The highest BCUT2D eigenvalue weighted by atomic mass is 32.2. The summed E-state index contributed by atoms with van der Waals surface area (Å²) >= 11 is 0. The van der Waals surface area contributed by atoms with E-state index >= 15 is 0 Å². The van der Waals surface area contributed by atoms with Crippen LogP contribution < -0.4 is 5.32 Å². The molecule has 1 amide bonds. The number of carbonyl (C=O) groups excluding carboxylic acids is 1. The Kier molecular flexibility index (Phi) is 5.70. The van der Waals surface area contributed by atoms with E-state index in [1.54, 1.807) is 39.0 Å². The van der Waals surface area contributed by atoms with Crippen LogP contribution in [0.1, 0.15) is 47.1 Å². The predicted molar refractivity (Wildman–Crippen MR) is 100 cm³/mol. The lowest BCUT2D eigenvalue weighted by Crippen LogP contribution is -2.29. The summed E-state index contributed by atoms with van der Waals surface area (Å²) in [7, 11) is -3.40. The maximum Gasteiger partial charge on any atom is 0.335 e. The molecule has 2 aromatic carbocycles. The molecule has 0 saturated heterocycles. The van der Waals surface area contributed by atoms with Gasteiger partial charge in [0.05, 0.1) is 21.6 Å².